The van der Waals surface area contributed by atoms with Crippen LogP contribution in [0.1, 0.15) is 63.4 Å². The number of benzene rings is 1. The SMILES string of the molecule is CCC(N)(CC)CNC(=O)c1ccccc1C(C)(C)C. The van der Waals surface area contributed by atoms with E-state index in [9.17, 15) is 4.79 Å². The number of amides is 1. The van der Waals surface area contributed by atoms with E-state index in [1.54, 1.807) is 0 Å². The molecule has 3 N–H and O–H groups in total. The van der Waals surface area contributed by atoms with Crippen LogP contribution in [-0.4, -0.2) is 18.0 Å². The highest BCUT2D eigenvalue weighted by molar-refractivity contribution is 5.96. The van der Waals surface area contributed by atoms with Gasteiger partial charge >= 0.3 is 0 Å². The Hall–Kier alpha value is -1.35. The monoisotopic (exact) mass is 276 g/mol. The number of carbonyl (C=O) groups is 1. The molecule has 1 aromatic carbocycles. The van der Waals surface area contributed by atoms with Crippen LogP contribution < -0.4 is 11.1 Å². The van der Waals surface area contributed by atoms with E-state index in [0.717, 1.165) is 24.0 Å². The Labute approximate surface area is 122 Å². The lowest BCUT2D eigenvalue weighted by Crippen LogP contribution is -2.49. The lowest BCUT2D eigenvalue weighted by Gasteiger charge is -2.28. The van der Waals surface area contributed by atoms with E-state index in [2.05, 4.69) is 39.9 Å². The molecule has 112 valence electrons. The van der Waals surface area contributed by atoms with Crippen LogP contribution in [0.4, 0.5) is 0 Å². The molecule has 0 atom stereocenters. The summed E-state index contributed by atoms with van der Waals surface area (Å²) in [4.78, 5) is 12.4. The molecule has 0 aliphatic heterocycles. The summed E-state index contributed by atoms with van der Waals surface area (Å²) >= 11 is 0. The van der Waals surface area contributed by atoms with Crippen LogP contribution in [0.25, 0.3) is 0 Å². The standard InChI is InChI=1S/C17H28N2O/c1-6-17(18,7-2)12-19-15(20)13-10-8-9-11-14(13)16(3,4)5/h8-11H,6-7,12,18H2,1-5H3,(H,19,20). The summed E-state index contributed by atoms with van der Waals surface area (Å²) in [6.07, 6.45) is 1.70. The van der Waals surface area contributed by atoms with Gasteiger partial charge in [0.05, 0.1) is 0 Å². The number of nitrogens with one attached hydrogen (secondary N) is 1. The predicted octanol–water partition coefficient (Wildman–Crippen LogP) is 3.23. The van der Waals surface area contributed by atoms with Crippen molar-refractivity contribution in [1.29, 1.82) is 0 Å². The molecular weight excluding hydrogens is 248 g/mol. The molecule has 0 spiro atoms. The summed E-state index contributed by atoms with van der Waals surface area (Å²) in [6, 6.07) is 7.78. The van der Waals surface area contributed by atoms with Crippen molar-refractivity contribution >= 4 is 5.91 Å². The molecule has 3 nitrogen and oxygen atoms in total. The molecule has 0 saturated carbocycles. The Morgan fingerprint density at radius 2 is 1.70 bits per heavy atom. The second kappa shape index (κ2) is 6.40. The molecule has 1 aromatic rings. The topological polar surface area (TPSA) is 55.1 Å². The normalized spacial score (nSPS) is 12.3. The van der Waals surface area contributed by atoms with Crippen molar-refractivity contribution in [1.82, 2.24) is 5.32 Å². The summed E-state index contributed by atoms with van der Waals surface area (Å²) in [7, 11) is 0. The largest absolute Gasteiger partial charge is 0.350 e. The van der Waals surface area contributed by atoms with Crippen molar-refractivity contribution < 1.29 is 4.79 Å². The molecule has 0 unspecified atom stereocenters. The number of carbonyl (C=O) groups excluding carboxylic acids is 1. The Balaban J connectivity index is 2.89. The first kappa shape index (κ1) is 16.7. The van der Waals surface area contributed by atoms with Crippen LogP contribution >= 0.6 is 0 Å². The molecule has 0 radical (unpaired) electrons. The van der Waals surface area contributed by atoms with Crippen LogP contribution in [0.2, 0.25) is 0 Å². The molecule has 0 heterocycles. The van der Waals surface area contributed by atoms with Gasteiger partial charge in [-0.2, -0.15) is 0 Å². The van der Waals surface area contributed by atoms with Crippen LogP contribution in [0.3, 0.4) is 0 Å². The zero-order valence-electron chi connectivity index (χ0n) is 13.4. The zero-order chi connectivity index (χ0) is 15.4. The molecular formula is C17H28N2O. The van der Waals surface area contributed by atoms with Crippen LogP contribution in [0.15, 0.2) is 24.3 Å². The average Bonchev–Trinajstić information content (AvgIpc) is 2.43. The predicted molar refractivity (Wildman–Crippen MR) is 85.0 cm³/mol. The van der Waals surface area contributed by atoms with E-state index >= 15 is 0 Å². The van der Waals surface area contributed by atoms with E-state index in [4.69, 9.17) is 5.73 Å². The van der Waals surface area contributed by atoms with E-state index in [-0.39, 0.29) is 16.9 Å². The summed E-state index contributed by atoms with van der Waals surface area (Å²) < 4.78 is 0. The van der Waals surface area contributed by atoms with Gasteiger partial charge in [-0.3, -0.25) is 4.79 Å². The second-order valence-electron chi connectivity index (χ2n) is 6.55. The third kappa shape index (κ3) is 4.07. The lowest BCUT2D eigenvalue weighted by atomic mass is 9.83. The summed E-state index contributed by atoms with van der Waals surface area (Å²) in [6.45, 7) is 11.0. The Kier molecular flexibility index (Phi) is 5.35. The zero-order valence-corrected chi connectivity index (χ0v) is 13.4. The summed E-state index contributed by atoms with van der Waals surface area (Å²) in [5.74, 6) is -0.0350. The van der Waals surface area contributed by atoms with Crippen molar-refractivity contribution in [2.75, 3.05) is 6.54 Å². The Bertz CT molecular complexity index is 456. The Morgan fingerprint density at radius 1 is 1.15 bits per heavy atom. The molecule has 1 amide bonds. The van der Waals surface area contributed by atoms with Gasteiger partial charge in [-0.25, -0.2) is 0 Å². The lowest BCUT2D eigenvalue weighted by molar-refractivity contribution is 0.0940. The third-order valence-corrected chi connectivity index (χ3v) is 3.99. The van der Waals surface area contributed by atoms with Gasteiger partial charge in [0.1, 0.15) is 0 Å². The van der Waals surface area contributed by atoms with Gasteiger partial charge in [0.2, 0.25) is 0 Å². The van der Waals surface area contributed by atoms with Gasteiger partial charge in [-0.05, 0) is 29.9 Å². The maximum absolute atomic E-state index is 12.4. The van der Waals surface area contributed by atoms with E-state index in [1.165, 1.54) is 0 Å². The van der Waals surface area contributed by atoms with Crippen LogP contribution in [0, 0.1) is 0 Å². The fourth-order valence-corrected chi connectivity index (χ4v) is 2.19. The highest BCUT2D eigenvalue weighted by Crippen LogP contribution is 2.25. The average molecular weight is 276 g/mol. The maximum atomic E-state index is 12.4. The maximum Gasteiger partial charge on any atom is 0.251 e. The van der Waals surface area contributed by atoms with Crippen molar-refractivity contribution in [3.8, 4) is 0 Å². The van der Waals surface area contributed by atoms with E-state index in [0.29, 0.717) is 6.54 Å². The minimum absolute atomic E-state index is 0.0350. The molecule has 1 rings (SSSR count). The molecule has 0 saturated heterocycles. The summed E-state index contributed by atoms with van der Waals surface area (Å²) in [5, 5.41) is 2.99. The minimum Gasteiger partial charge on any atom is -0.350 e. The Morgan fingerprint density at radius 3 is 2.20 bits per heavy atom. The highest BCUT2D eigenvalue weighted by Gasteiger charge is 2.24. The first-order valence-electron chi connectivity index (χ1n) is 7.40. The number of rotatable bonds is 5. The number of hydrogen-bond acceptors (Lipinski definition) is 2. The minimum atomic E-state index is -0.313. The number of nitrogens with two attached hydrogens (primary N) is 1. The molecule has 0 fully saturated rings. The fraction of sp³-hybridized carbons (Fsp3) is 0.588. The van der Waals surface area contributed by atoms with Crippen LogP contribution in [0.5, 0.6) is 0 Å². The molecule has 0 aromatic heterocycles. The van der Waals surface area contributed by atoms with Crippen molar-refractivity contribution in [2.45, 2.75) is 58.4 Å². The van der Waals surface area contributed by atoms with Crippen molar-refractivity contribution in [3.05, 3.63) is 35.4 Å². The van der Waals surface area contributed by atoms with Crippen molar-refractivity contribution in [3.63, 3.8) is 0 Å². The highest BCUT2D eigenvalue weighted by atomic mass is 16.1. The van der Waals surface area contributed by atoms with Gasteiger partial charge in [-0.15, -0.1) is 0 Å². The molecule has 3 heteroatoms. The van der Waals surface area contributed by atoms with Gasteiger partial charge in [0.25, 0.3) is 5.91 Å². The summed E-state index contributed by atoms with van der Waals surface area (Å²) in [5.41, 5.74) is 7.67. The second-order valence-corrected chi connectivity index (χ2v) is 6.55. The van der Waals surface area contributed by atoms with Crippen molar-refractivity contribution in [2.24, 2.45) is 5.73 Å². The molecule has 20 heavy (non-hydrogen) atoms. The number of hydrogen-bond donors (Lipinski definition) is 2. The molecule has 0 bridgehead atoms. The van der Waals surface area contributed by atoms with Crippen LogP contribution in [-0.2, 0) is 5.41 Å². The first-order chi connectivity index (χ1) is 9.23. The smallest absolute Gasteiger partial charge is 0.251 e. The quantitative estimate of drug-likeness (QED) is 0.867. The van der Waals surface area contributed by atoms with Gasteiger partial charge in [-0.1, -0.05) is 52.8 Å². The van der Waals surface area contributed by atoms with Gasteiger partial charge < -0.3 is 11.1 Å². The molecule has 0 aliphatic carbocycles. The fourth-order valence-electron chi connectivity index (χ4n) is 2.19. The van der Waals surface area contributed by atoms with Gasteiger partial charge in [0.15, 0.2) is 0 Å². The third-order valence-electron chi connectivity index (χ3n) is 3.99. The van der Waals surface area contributed by atoms with E-state index in [1.807, 2.05) is 24.3 Å². The molecule has 0 aliphatic rings. The first-order valence-corrected chi connectivity index (χ1v) is 7.40. The van der Waals surface area contributed by atoms with Gasteiger partial charge in [0, 0.05) is 17.6 Å². The van der Waals surface area contributed by atoms with E-state index < -0.39 is 0 Å².